The van der Waals surface area contributed by atoms with Crippen LogP contribution in [-0.2, 0) is 0 Å². The predicted molar refractivity (Wildman–Crippen MR) is 39.9 cm³/mol. The maximum absolute atomic E-state index is 8.41. The Kier molecular flexibility index (Phi) is 5.52. The molecule has 0 aromatic rings. The first-order valence-corrected chi connectivity index (χ1v) is 3.38. The molecule has 0 rings (SSSR count). The molecule has 0 saturated heterocycles. The van der Waals surface area contributed by atoms with Gasteiger partial charge in [0.1, 0.15) is 0 Å². The highest BCUT2D eigenvalue weighted by atomic mass is 16.2. The van der Waals surface area contributed by atoms with E-state index in [9.17, 15) is 0 Å². The van der Waals surface area contributed by atoms with Gasteiger partial charge in [0.05, 0.1) is 0 Å². The summed E-state index contributed by atoms with van der Waals surface area (Å²) < 4.78 is 0. The largest absolute Gasteiger partial charge is 0.396 e. The van der Waals surface area contributed by atoms with Gasteiger partial charge in [-0.25, -0.2) is 0 Å². The molecular weight excluding hydrogens is 114 g/mol. The van der Waals surface area contributed by atoms with Gasteiger partial charge in [-0.05, 0) is 32.9 Å². The maximum Gasteiger partial charge on any atom is 0.0464 e. The fraction of sp³-hybridized carbons (Fsp3) is 0.857. The summed E-state index contributed by atoms with van der Waals surface area (Å²) in [5, 5.41) is 8.41. The van der Waals surface area contributed by atoms with Crippen LogP contribution in [0.2, 0.25) is 0 Å². The zero-order chi connectivity index (χ0) is 7.11. The molecule has 0 fully saturated rings. The van der Waals surface area contributed by atoms with Gasteiger partial charge in [-0.1, -0.05) is 0 Å². The van der Waals surface area contributed by atoms with Crippen molar-refractivity contribution in [3.8, 4) is 0 Å². The van der Waals surface area contributed by atoms with E-state index in [1.54, 1.807) is 0 Å². The number of hydrogen-bond acceptors (Lipinski definition) is 2. The zero-order valence-electron chi connectivity index (χ0n) is 6.01. The summed E-state index contributed by atoms with van der Waals surface area (Å²) in [4.78, 5) is 3.83. The molecule has 0 saturated carbocycles. The smallest absolute Gasteiger partial charge is 0.0464 e. The fourth-order valence-corrected chi connectivity index (χ4v) is 0.643. The lowest BCUT2D eigenvalue weighted by molar-refractivity contribution is 0.282. The van der Waals surface area contributed by atoms with Crippen LogP contribution in [0.3, 0.4) is 0 Å². The summed E-state index contributed by atoms with van der Waals surface area (Å²) in [6, 6.07) is 0.358. The first-order valence-electron chi connectivity index (χ1n) is 3.38. The molecule has 2 heteroatoms. The van der Waals surface area contributed by atoms with Crippen molar-refractivity contribution in [3.05, 3.63) is 0 Å². The van der Waals surface area contributed by atoms with Gasteiger partial charge in [0.2, 0.25) is 0 Å². The number of rotatable bonds is 5. The minimum atomic E-state index is 0.295. The third-order valence-electron chi connectivity index (χ3n) is 1.34. The molecule has 0 bridgehead atoms. The number of nitrogens with zero attached hydrogens (tertiary/aromatic N) is 1. The molecule has 1 unspecified atom stereocenters. The maximum atomic E-state index is 8.41. The van der Waals surface area contributed by atoms with E-state index in [2.05, 4.69) is 11.7 Å². The molecule has 0 aromatic heterocycles. The third-order valence-corrected chi connectivity index (χ3v) is 1.34. The van der Waals surface area contributed by atoms with E-state index in [0.717, 1.165) is 19.3 Å². The van der Waals surface area contributed by atoms with Crippen LogP contribution in [0.5, 0.6) is 0 Å². The monoisotopic (exact) mass is 129 g/mol. The van der Waals surface area contributed by atoms with Crippen molar-refractivity contribution in [1.29, 1.82) is 0 Å². The van der Waals surface area contributed by atoms with E-state index in [0.29, 0.717) is 12.6 Å². The lowest BCUT2D eigenvalue weighted by Crippen LogP contribution is -1.96. The highest BCUT2D eigenvalue weighted by Crippen LogP contribution is 2.01. The Balaban J connectivity index is 2.96. The summed E-state index contributed by atoms with van der Waals surface area (Å²) in [7, 11) is 0. The molecule has 0 radical (unpaired) electrons. The quantitative estimate of drug-likeness (QED) is 0.439. The van der Waals surface area contributed by atoms with Crippen molar-refractivity contribution in [2.24, 2.45) is 4.99 Å². The van der Waals surface area contributed by atoms with E-state index >= 15 is 0 Å². The number of aliphatic hydroxyl groups is 1. The average Bonchev–Trinajstić information content (AvgIpc) is 1.89. The van der Waals surface area contributed by atoms with Crippen molar-refractivity contribution >= 4 is 6.72 Å². The van der Waals surface area contributed by atoms with Gasteiger partial charge < -0.3 is 5.11 Å². The van der Waals surface area contributed by atoms with Gasteiger partial charge in [0.15, 0.2) is 0 Å². The molecule has 0 spiro atoms. The minimum absolute atomic E-state index is 0.295. The summed E-state index contributed by atoms with van der Waals surface area (Å²) in [6.07, 6.45) is 2.99. The molecule has 0 heterocycles. The molecule has 9 heavy (non-hydrogen) atoms. The molecule has 0 aliphatic heterocycles. The van der Waals surface area contributed by atoms with Crippen LogP contribution in [0.4, 0.5) is 0 Å². The van der Waals surface area contributed by atoms with Crippen LogP contribution in [0.25, 0.3) is 0 Å². The summed E-state index contributed by atoms with van der Waals surface area (Å²) in [6.45, 7) is 5.75. The van der Waals surface area contributed by atoms with E-state index in [-0.39, 0.29) is 0 Å². The normalized spacial score (nSPS) is 13.1. The van der Waals surface area contributed by atoms with Crippen LogP contribution in [-0.4, -0.2) is 24.5 Å². The second-order valence-corrected chi connectivity index (χ2v) is 2.25. The molecule has 54 valence electrons. The molecule has 0 aliphatic rings. The summed E-state index contributed by atoms with van der Waals surface area (Å²) in [5.74, 6) is 0. The number of aliphatic imine (C=N–C) groups is 1. The van der Waals surface area contributed by atoms with E-state index in [4.69, 9.17) is 5.11 Å². The third kappa shape index (κ3) is 5.50. The Morgan fingerprint density at radius 2 is 2.22 bits per heavy atom. The highest BCUT2D eigenvalue weighted by Gasteiger charge is 1.94. The molecule has 2 nitrogen and oxygen atoms in total. The lowest BCUT2D eigenvalue weighted by Gasteiger charge is -2.01. The minimum Gasteiger partial charge on any atom is -0.396 e. The van der Waals surface area contributed by atoms with Crippen molar-refractivity contribution in [3.63, 3.8) is 0 Å². The van der Waals surface area contributed by atoms with Crippen molar-refractivity contribution in [1.82, 2.24) is 0 Å². The lowest BCUT2D eigenvalue weighted by atomic mass is 10.1. The Morgan fingerprint density at radius 1 is 1.56 bits per heavy atom. The molecule has 0 amide bonds. The first-order chi connectivity index (χ1) is 4.31. The number of hydrogen-bond donors (Lipinski definition) is 1. The fourth-order valence-electron chi connectivity index (χ4n) is 0.643. The van der Waals surface area contributed by atoms with Gasteiger partial charge >= 0.3 is 0 Å². The second-order valence-electron chi connectivity index (χ2n) is 2.25. The predicted octanol–water partition coefficient (Wildman–Crippen LogP) is 1.24. The van der Waals surface area contributed by atoms with Gasteiger partial charge in [-0.3, -0.25) is 4.99 Å². The highest BCUT2D eigenvalue weighted by molar-refractivity contribution is 5.23. The van der Waals surface area contributed by atoms with Gasteiger partial charge in [-0.15, -0.1) is 0 Å². The van der Waals surface area contributed by atoms with Crippen LogP contribution in [0.15, 0.2) is 4.99 Å². The van der Waals surface area contributed by atoms with Crippen LogP contribution < -0.4 is 0 Å². The van der Waals surface area contributed by atoms with E-state index < -0.39 is 0 Å². The van der Waals surface area contributed by atoms with Crippen LogP contribution in [0, 0.1) is 0 Å². The Bertz CT molecular complexity index is 73.3. The Morgan fingerprint density at radius 3 is 2.67 bits per heavy atom. The van der Waals surface area contributed by atoms with Crippen LogP contribution >= 0.6 is 0 Å². The SMILES string of the molecule is C=NC(C)CCCCO. The second kappa shape index (κ2) is 5.76. The molecule has 0 aromatic carbocycles. The summed E-state index contributed by atoms with van der Waals surface area (Å²) >= 11 is 0. The average molecular weight is 129 g/mol. The van der Waals surface area contributed by atoms with E-state index in [1.165, 1.54) is 0 Å². The van der Waals surface area contributed by atoms with Gasteiger partial charge in [0, 0.05) is 12.6 Å². The first kappa shape index (κ1) is 8.63. The molecule has 1 N–H and O–H groups in total. The summed E-state index contributed by atoms with van der Waals surface area (Å²) in [5.41, 5.74) is 0. The van der Waals surface area contributed by atoms with E-state index in [1.807, 2.05) is 6.92 Å². The standard InChI is InChI=1S/C7H15NO/c1-7(8-2)5-3-4-6-9/h7,9H,2-6H2,1H3. The van der Waals surface area contributed by atoms with Crippen molar-refractivity contribution in [2.45, 2.75) is 32.2 Å². The molecule has 1 atom stereocenters. The Hall–Kier alpha value is -0.370. The van der Waals surface area contributed by atoms with Gasteiger partial charge in [0.25, 0.3) is 0 Å². The number of aliphatic hydroxyl groups excluding tert-OH is 1. The van der Waals surface area contributed by atoms with Crippen molar-refractivity contribution in [2.75, 3.05) is 6.61 Å². The van der Waals surface area contributed by atoms with Crippen LogP contribution in [0.1, 0.15) is 26.2 Å². The number of unbranched alkanes of at least 4 members (excludes halogenated alkanes) is 1. The van der Waals surface area contributed by atoms with Crippen molar-refractivity contribution < 1.29 is 5.11 Å². The topological polar surface area (TPSA) is 32.6 Å². The molecule has 0 aliphatic carbocycles. The molecular formula is C7H15NO. The Labute approximate surface area is 56.6 Å². The van der Waals surface area contributed by atoms with Gasteiger partial charge in [-0.2, -0.15) is 0 Å². The zero-order valence-corrected chi connectivity index (χ0v) is 6.01.